The summed E-state index contributed by atoms with van der Waals surface area (Å²) in [6.07, 6.45) is 8.81. The number of esters is 1. The molecule has 0 N–H and O–H groups in total. The van der Waals surface area contributed by atoms with Gasteiger partial charge in [-0.1, -0.05) is 44.9 Å². The molecule has 1 fully saturated rings. The van der Waals surface area contributed by atoms with Crippen LogP contribution >= 0.6 is 0 Å². The number of hydrogen-bond acceptors (Lipinski definition) is 4. The average Bonchev–Trinajstić information content (AvgIpc) is 2.36. The van der Waals surface area contributed by atoms with Crippen molar-refractivity contribution in [3.8, 4) is 0 Å². The van der Waals surface area contributed by atoms with E-state index in [1.807, 2.05) is 0 Å². The fourth-order valence-electron chi connectivity index (χ4n) is 3.02. The smallest absolute Gasteiger partial charge is 0.550 e. The third kappa shape index (κ3) is 9.86. The molecule has 0 amide bonds. The van der Waals surface area contributed by atoms with Gasteiger partial charge < -0.3 is 14.6 Å². The van der Waals surface area contributed by atoms with Crippen LogP contribution in [0.5, 0.6) is 0 Å². The molecule has 0 bridgehead atoms. The van der Waals surface area contributed by atoms with Crippen LogP contribution < -0.4 is 34.7 Å². The molecule has 22 heavy (non-hydrogen) atoms. The van der Waals surface area contributed by atoms with Crippen molar-refractivity contribution in [1.29, 1.82) is 0 Å². The number of carbonyl (C=O) groups excluding carboxylic acids is 2. The largest absolute Gasteiger partial charge is 1.00 e. The van der Waals surface area contributed by atoms with E-state index in [9.17, 15) is 14.7 Å². The summed E-state index contributed by atoms with van der Waals surface area (Å²) >= 11 is 0. The first-order valence-electron chi connectivity index (χ1n) is 8.20. The van der Waals surface area contributed by atoms with Crippen molar-refractivity contribution >= 4 is 11.9 Å². The van der Waals surface area contributed by atoms with Crippen molar-refractivity contribution in [1.82, 2.24) is 0 Å². The summed E-state index contributed by atoms with van der Waals surface area (Å²) in [7, 11) is 0. The van der Waals surface area contributed by atoms with Crippen LogP contribution in [0.2, 0.25) is 0 Å². The summed E-state index contributed by atoms with van der Waals surface area (Å²) in [6, 6.07) is 0. The summed E-state index contributed by atoms with van der Waals surface area (Å²) in [5.74, 6) is -1.56. The van der Waals surface area contributed by atoms with Crippen LogP contribution in [0.15, 0.2) is 0 Å². The molecule has 1 unspecified atom stereocenters. The first-order valence-corrected chi connectivity index (χ1v) is 8.20. The van der Waals surface area contributed by atoms with Gasteiger partial charge in [0.1, 0.15) is 5.60 Å². The Morgan fingerprint density at radius 2 is 1.77 bits per heavy atom. The van der Waals surface area contributed by atoms with Gasteiger partial charge in [0.15, 0.2) is 0 Å². The molecule has 0 saturated heterocycles. The third-order valence-corrected chi connectivity index (χ3v) is 4.06. The standard InChI is InChI=1S/C17H30O4.Na/c1-17(2,3)21-15(18)12-14(16(19)20)11-7-10-13-8-5-4-6-9-13;/h13-14H,4-12H2,1-3H3,(H,19,20);/q;+1/p-1. The number of carboxylic acids is 1. The molecule has 1 atom stereocenters. The predicted molar refractivity (Wildman–Crippen MR) is 79.4 cm³/mol. The van der Waals surface area contributed by atoms with E-state index in [4.69, 9.17) is 4.74 Å². The Balaban J connectivity index is 0.00000441. The number of carbonyl (C=O) groups is 2. The maximum atomic E-state index is 11.7. The first-order chi connectivity index (χ1) is 9.78. The number of hydrogen-bond donors (Lipinski definition) is 0. The van der Waals surface area contributed by atoms with E-state index in [-0.39, 0.29) is 36.0 Å². The van der Waals surface area contributed by atoms with Crippen LogP contribution in [0, 0.1) is 11.8 Å². The van der Waals surface area contributed by atoms with E-state index < -0.39 is 23.5 Å². The van der Waals surface area contributed by atoms with Crippen LogP contribution in [0.4, 0.5) is 0 Å². The Morgan fingerprint density at radius 1 is 1.18 bits per heavy atom. The van der Waals surface area contributed by atoms with Gasteiger partial charge in [-0.25, -0.2) is 0 Å². The summed E-state index contributed by atoms with van der Waals surface area (Å²) in [5.41, 5.74) is -0.574. The van der Waals surface area contributed by atoms with Crippen LogP contribution in [0.1, 0.15) is 78.6 Å². The molecule has 0 heterocycles. The molecule has 0 aromatic heterocycles. The maximum Gasteiger partial charge on any atom is 1.00 e. The van der Waals surface area contributed by atoms with Crippen molar-refractivity contribution in [3.05, 3.63) is 0 Å². The molecule has 0 radical (unpaired) electrons. The van der Waals surface area contributed by atoms with Gasteiger partial charge in [-0.2, -0.15) is 0 Å². The van der Waals surface area contributed by atoms with E-state index >= 15 is 0 Å². The molecule has 1 rings (SSSR count). The molecule has 1 aliphatic rings. The minimum absolute atomic E-state index is 0. The fourth-order valence-corrected chi connectivity index (χ4v) is 3.02. The molecule has 0 aliphatic heterocycles. The second-order valence-electron chi connectivity index (χ2n) is 7.24. The van der Waals surface area contributed by atoms with Gasteiger partial charge in [-0.15, -0.1) is 0 Å². The van der Waals surface area contributed by atoms with E-state index in [2.05, 4.69) is 0 Å². The van der Waals surface area contributed by atoms with Crippen molar-refractivity contribution < 1.29 is 49.0 Å². The number of aliphatic carboxylic acids is 1. The molecule has 122 valence electrons. The Kier molecular flexibility index (Phi) is 10.6. The van der Waals surface area contributed by atoms with E-state index in [1.165, 1.54) is 32.1 Å². The van der Waals surface area contributed by atoms with Gasteiger partial charge in [0.25, 0.3) is 0 Å². The number of carboxylic acid groups (broad SMARTS) is 1. The summed E-state index contributed by atoms with van der Waals surface area (Å²) in [4.78, 5) is 22.9. The molecule has 5 heteroatoms. The average molecular weight is 320 g/mol. The Labute approximate surface area is 156 Å². The molecule has 0 aromatic carbocycles. The zero-order chi connectivity index (χ0) is 15.9. The Morgan fingerprint density at radius 3 is 2.27 bits per heavy atom. The molecular formula is C17H29NaO4. The predicted octanol–water partition coefficient (Wildman–Crippen LogP) is -0.161. The quantitative estimate of drug-likeness (QED) is 0.483. The minimum atomic E-state index is -1.13. The topological polar surface area (TPSA) is 66.4 Å². The van der Waals surface area contributed by atoms with Crippen LogP contribution in [-0.2, 0) is 14.3 Å². The van der Waals surface area contributed by atoms with Gasteiger partial charge in [-0.05, 0) is 33.1 Å². The van der Waals surface area contributed by atoms with Crippen LogP contribution in [0.3, 0.4) is 0 Å². The fraction of sp³-hybridized carbons (Fsp3) is 0.882. The summed E-state index contributed by atoms with van der Waals surface area (Å²) in [5, 5.41) is 11.2. The van der Waals surface area contributed by atoms with Crippen LogP contribution in [0.25, 0.3) is 0 Å². The monoisotopic (exact) mass is 320 g/mol. The Hall–Kier alpha value is -0.0600. The Bertz CT molecular complexity index is 343. The van der Waals surface area contributed by atoms with Crippen molar-refractivity contribution in [2.75, 3.05) is 0 Å². The second-order valence-corrected chi connectivity index (χ2v) is 7.24. The second kappa shape index (κ2) is 10.7. The zero-order valence-electron chi connectivity index (χ0n) is 14.7. The maximum absolute atomic E-state index is 11.7. The SMILES string of the molecule is CC(C)(C)OC(=O)CC(CCCC1CCCCC1)C(=O)[O-].[Na+]. The molecule has 4 nitrogen and oxygen atoms in total. The molecule has 1 aliphatic carbocycles. The van der Waals surface area contributed by atoms with Gasteiger partial charge in [0, 0.05) is 11.9 Å². The zero-order valence-corrected chi connectivity index (χ0v) is 16.7. The number of rotatable bonds is 7. The third-order valence-electron chi connectivity index (χ3n) is 4.06. The minimum Gasteiger partial charge on any atom is -0.550 e. The summed E-state index contributed by atoms with van der Waals surface area (Å²) in [6.45, 7) is 5.34. The summed E-state index contributed by atoms with van der Waals surface area (Å²) < 4.78 is 5.18. The van der Waals surface area contributed by atoms with Gasteiger partial charge in [-0.3, -0.25) is 4.79 Å². The van der Waals surface area contributed by atoms with Crippen molar-refractivity contribution in [2.45, 2.75) is 84.2 Å². The molecule has 0 aromatic rings. The normalized spacial score (nSPS) is 17.4. The first kappa shape index (κ1) is 21.9. The van der Waals surface area contributed by atoms with Gasteiger partial charge >= 0.3 is 35.5 Å². The van der Waals surface area contributed by atoms with Crippen LogP contribution in [-0.4, -0.2) is 17.5 Å². The van der Waals surface area contributed by atoms with Crippen molar-refractivity contribution in [2.24, 2.45) is 11.8 Å². The van der Waals surface area contributed by atoms with Gasteiger partial charge in [0.2, 0.25) is 0 Å². The van der Waals surface area contributed by atoms with Gasteiger partial charge in [0.05, 0.1) is 6.42 Å². The number of ether oxygens (including phenoxy) is 1. The van der Waals surface area contributed by atoms with E-state index in [1.54, 1.807) is 20.8 Å². The molecule has 1 saturated carbocycles. The van der Waals surface area contributed by atoms with E-state index in [0.717, 1.165) is 18.8 Å². The molecular weight excluding hydrogens is 291 g/mol. The molecule has 0 spiro atoms. The van der Waals surface area contributed by atoms with Crippen molar-refractivity contribution in [3.63, 3.8) is 0 Å². The van der Waals surface area contributed by atoms with E-state index in [0.29, 0.717) is 6.42 Å².